The van der Waals surface area contributed by atoms with Gasteiger partial charge in [-0.1, -0.05) is 0 Å². The van der Waals surface area contributed by atoms with Gasteiger partial charge in [-0.25, -0.2) is 4.98 Å². The van der Waals surface area contributed by atoms with Crippen LogP contribution in [-0.2, 0) is 4.79 Å². The van der Waals surface area contributed by atoms with E-state index in [9.17, 15) is 9.59 Å². The van der Waals surface area contributed by atoms with Crippen molar-refractivity contribution in [1.29, 1.82) is 0 Å². The van der Waals surface area contributed by atoms with Gasteiger partial charge in [0.1, 0.15) is 5.69 Å². The first-order valence-corrected chi connectivity index (χ1v) is 6.50. The zero-order valence-electron chi connectivity index (χ0n) is 11.0. The summed E-state index contributed by atoms with van der Waals surface area (Å²) >= 11 is 0. The van der Waals surface area contributed by atoms with Crippen molar-refractivity contribution in [3.8, 4) is 0 Å². The fourth-order valence-electron chi connectivity index (χ4n) is 2.37. The number of nitrogens with one attached hydrogen (secondary N) is 1. The lowest BCUT2D eigenvalue weighted by Crippen LogP contribution is -2.38. The first kappa shape index (κ1) is 13.5. The molecule has 1 aliphatic heterocycles. The molecule has 0 aliphatic carbocycles. The highest BCUT2D eigenvalue weighted by atomic mass is 16.2. The van der Waals surface area contributed by atoms with Gasteiger partial charge in [0, 0.05) is 38.4 Å². The molecular formula is C13H18N4O2. The number of carbonyl (C=O) groups is 2. The second kappa shape index (κ2) is 6.26. The molecule has 0 bridgehead atoms. The first-order chi connectivity index (χ1) is 9.18. The van der Waals surface area contributed by atoms with E-state index in [0.29, 0.717) is 12.2 Å². The van der Waals surface area contributed by atoms with Gasteiger partial charge in [-0.3, -0.25) is 14.6 Å². The minimum Gasteiger partial charge on any atom is -0.356 e. The Morgan fingerprint density at radius 2 is 2.32 bits per heavy atom. The third-order valence-corrected chi connectivity index (χ3v) is 3.27. The summed E-state index contributed by atoms with van der Waals surface area (Å²) in [5.74, 6) is -0.108. The van der Waals surface area contributed by atoms with Gasteiger partial charge in [0.25, 0.3) is 5.91 Å². The lowest BCUT2D eigenvalue weighted by atomic mass is 10.1. The molecule has 19 heavy (non-hydrogen) atoms. The minimum absolute atomic E-state index is 0.0372. The number of hydrogen-bond donors (Lipinski definition) is 1. The first-order valence-electron chi connectivity index (χ1n) is 6.50. The van der Waals surface area contributed by atoms with Crippen LogP contribution < -0.4 is 5.32 Å². The maximum Gasteiger partial charge on any atom is 0.274 e. The second-order valence-electron chi connectivity index (χ2n) is 4.66. The number of rotatable bonds is 4. The van der Waals surface area contributed by atoms with Crippen LogP contribution in [0, 0.1) is 0 Å². The van der Waals surface area contributed by atoms with Gasteiger partial charge in [-0.15, -0.1) is 0 Å². The van der Waals surface area contributed by atoms with E-state index in [2.05, 4.69) is 15.3 Å². The highest BCUT2D eigenvalue weighted by Gasteiger charge is 2.29. The Bertz CT molecular complexity index is 449. The molecule has 0 aromatic carbocycles. The van der Waals surface area contributed by atoms with Crippen molar-refractivity contribution in [2.24, 2.45) is 0 Å². The van der Waals surface area contributed by atoms with Crippen molar-refractivity contribution >= 4 is 11.8 Å². The number of aromatic nitrogens is 2. The molecule has 1 atom stereocenters. The number of likely N-dealkylation sites (tertiary alicyclic amines) is 1. The summed E-state index contributed by atoms with van der Waals surface area (Å²) in [6.07, 6.45) is 7.32. The van der Waals surface area contributed by atoms with E-state index in [1.807, 2.05) is 4.90 Å². The quantitative estimate of drug-likeness (QED) is 0.862. The molecule has 0 spiro atoms. The summed E-state index contributed by atoms with van der Waals surface area (Å²) < 4.78 is 0. The van der Waals surface area contributed by atoms with Crippen LogP contribution in [0.2, 0.25) is 0 Å². The molecule has 6 nitrogen and oxygen atoms in total. The molecule has 1 aliphatic rings. The van der Waals surface area contributed by atoms with Crippen molar-refractivity contribution in [2.45, 2.75) is 32.2 Å². The maximum atomic E-state index is 12.3. The average Bonchev–Trinajstić information content (AvgIpc) is 2.87. The van der Waals surface area contributed by atoms with Crippen LogP contribution in [-0.4, -0.2) is 45.8 Å². The molecular weight excluding hydrogens is 244 g/mol. The van der Waals surface area contributed by atoms with Crippen LogP contribution in [0.25, 0.3) is 0 Å². The summed E-state index contributed by atoms with van der Waals surface area (Å²) in [6, 6.07) is 0.182. The van der Waals surface area contributed by atoms with Crippen molar-refractivity contribution < 1.29 is 9.59 Å². The Kier molecular flexibility index (Phi) is 4.43. The standard InChI is InChI=1S/C13H18N4O2/c1-10(18)15-5-4-11-3-2-8-17(11)13(19)12-9-14-6-7-16-12/h6-7,9,11H,2-5,8H2,1H3,(H,15,18). The topological polar surface area (TPSA) is 75.2 Å². The van der Waals surface area contributed by atoms with E-state index in [4.69, 9.17) is 0 Å². The van der Waals surface area contributed by atoms with E-state index in [1.165, 1.54) is 19.3 Å². The molecule has 1 aromatic heterocycles. The van der Waals surface area contributed by atoms with Gasteiger partial charge in [0.15, 0.2) is 0 Å². The fourth-order valence-corrected chi connectivity index (χ4v) is 2.37. The monoisotopic (exact) mass is 262 g/mol. The number of carbonyl (C=O) groups excluding carboxylic acids is 2. The fraction of sp³-hybridized carbons (Fsp3) is 0.538. The molecule has 2 heterocycles. The number of amides is 2. The Hall–Kier alpha value is -1.98. The van der Waals surface area contributed by atoms with Crippen LogP contribution in [0.4, 0.5) is 0 Å². The highest BCUT2D eigenvalue weighted by Crippen LogP contribution is 2.21. The van der Waals surface area contributed by atoms with Crippen molar-refractivity contribution in [1.82, 2.24) is 20.2 Å². The molecule has 6 heteroatoms. The van der Waals surface area contributed by atoms with Gasteiger partial charge in [0.2, 0.25) is 5.91 Å². The smallest absolute Gasteiger partial charge is 0.274 e. The van der Waals surface area contributed by atoms with Gasteiger partial charge in [-0.2, -0.15) is 0 Å². The van der Waals surface area contributed by atoms with E-state index in [1.54, 1.807) is 6.20 Å². The Morgan fingerprint density at radius 1 is 1.47 bits per heavy atom. The van der Waals surface area contributed by atoms with E-state index >= 15 is 0 Å². The molecule has 0 radical (unpaired) electrons. The zero-order chi connectivity index (χ0) is 13.7. The Balaban J connectivity index is 1.95. The molecule has 1 fully saturated rings. The lowest BCUT2D eigenvalue weighted by molar-refractivity contribution is -0.118. The average molecular weight is 262 g/mol. The van der Waals surface area contributed by atoms with Crippen LogP contribution in [0.1, 0.15) is 36.7 Å². The maximum absolute atomic E-state index is 12.3. The Labute approximate surface area is 112 Å². The molecule has 102 valence electrons. The third kappa shape index (κ3) is 3.49. The second-order valence-corrected chi connectivity index (χ2v) is 4.66. The van der Waals surface area contributed by atoms with E-state index in [-0.39, 0.29) is 17.9 Å². The van der Waals surface area contributed by atoms with Gasteiger partial charge < -0.3 is 10.2 Å². The predicted molar refractivity (Wildman–Crippen MR) is 69.4 cm³/mol. The summed E-state index contributed by atoms with van der Waals surface area (Å²) in [7, 11) is 0. The predicted octanol–water partition coefficient (Wildman–Crippen LogP) is 0.607. The molecule has 1 saturated heterocycles. The van der Waals surface area contributed by atoms with Crippen LogP contribution in [0.5, 0.6) is 0 Å². The van der Waals surface area contributed by atoms with Crippen molar-refractivity contribution in [3.05, 3.63) is 24.3 Å². The highest BCUT2D eigenvalue weighted by molar-refractivity contribution is 5.92. The third-order valence-electron chi connectivity index (χ3n) is 3.27. The zero-order valence-corrected chi connectivity index (χ0v) is 11.0. The van der Waals surface area contributed by atoms with Crippen molar-refractivity contribution in [2.75, 3.05) is 13.1 Å². The normalized spacial score (nSPS) is 18.4. The van der Waals surface area contributed by atoms with Gasteiger partial charge >= 0.3 is 0 Å². The van der Waals surface area contributed by atoms with E-state index < -0.39 is 0 Å². The number of nitrogens with zero attached hydrogens (tertiary/aromatic N) is 3. The van der Waals surface area contributed by atoms with Crippen LogP contribution in [0.15, 0.2) is 18.6 Å². The molecule has 1 aromatic rings. The van der Waals surface area contributed by atoms with Crippen LogP contribution in [0.3, 0.4) is 0 Å². The largest absolute Gasteiger partial charge is 0.356 e. The molecule has 1 N–H and O–H groups in total. The molecule has 1 unspecified atom stereocenters. The van der Waals surface area contributed by atoms with E-state index in [0.717, 1.165) is 25.8 Å². The van der Waals surface area contributed by atoms with Crippen LogP contribution >= 0.6 is 0 Å². The molecule has 0 saturated carbocycles. The summed E-state index contributed by atoms with van der Waals surface area (Å²) in [5, 5.41) is 2.77. The lowest BCUT2D eigenvalue weighted by Gasteiger charge is -2.24. The SMILES string of the molecule is CC(=O)NCCC1CCCN1C(=O)c1cnccn1. The summed E-state index contributed by atoms with van der Waals surface area (Å²) in [5.41, 5.74) is 0.383. The minimum atomic E-state index is -0.0709. The van der Waals surface area contributed by atoms with Crippen molar-refractivity contribution in [3.63, 3.8) is 0 Å². The number of hydrogen-bond acceptors (Lipinski definition) is 4. The Morgan fingerprint density at radius 3 is 3.00 bits per heavy atom. The van der Waals surface area contributed by atoms with Gasteiger partial charge in [0.05, 0.1) is 6.20 Å². The summed E-state index contributed by atoms with van der Waals surface area (Å²) in [6.45, 7) is 2.85. The molecule has 2 amide bonds. The van der Waals surface area contributed by atoms with Gasteiger partial charge in [-0.05, 0) is 19.3 Å². The molecule has 2 rings (SSSR count). The summed E-state index contributed by atoms with van der Waals surface area (Å²) in [4.78, 5) is 32.9.